The first kappa shape index (κ1) is 9.14. The summed E-state index contributed by atoms with van der Waals surface area (Å²) in [6.07, 6.45) is 1.45. The fraction of sp³-hybridized carbons (Fsp3) is 0.714. The fourth-order valence-electron chi connectivity index (χ4n) is 0.728. The van der Waals surface area contributed by atoms with Crippen molar-refractivity contribution in [1.29, 1.82) is 0 Å². The summed E-state index contributed by atoms with van der Waals surface area (Å²) < 4.78 is 0. The minimum atomic E-state index is -1.29. The molecule has 0 fully saturated rings. The van der Waals surface area contributed by atoms with Gasteiger partial charge in [0, 0.05) is 0 Å². The first-order valence-corrected chi connectivity index (χ1v) is 3.24. The lowest BCUT2D eigenvalue weighted by atomic mass is 9.88. The molecule has 0 aliphatic rings. The lowest BCUT2D eigenvalue weighted by Gasteiger charge is -2.22. The van der Waals surface area contributed by atoms with E-state index in [1.165, 1.54) is 6.92 Å². The number of carboxylic acids is 1. The van der Waals surface area contributed by atoms with E-state index in [-0.39, 0.29) is 0 Å². The van der Waals surface area contributed by atoms with E-state index in [0.29, 0.717) is 19.1 Å². The van der Waals surface area contributed by atoms with Crippen LogP contribution in [0.3, 0.4) is 0 Å². The Bertz CT molecular complexity index is 142. The molecule has 0 saturated carbocycles. The predicted octanol–water partition coefficient (Wildman–Crippen LogP) is -0.258. The predicted molar refractivity (Wildman–Crippen MR) is 34.1 cm³/mol. The number of carbonyl (C=O) groups is 2. The Labute approximate surface area is 60.0 Å². The molecule has 0 N–H and O–H groups in total. The van der Waals surface area contributed by atoms with Crippen LogP contribution < -0.4 is 5.11 Å². The van der Waals surface area contributed by atoms with E-state index in [1.54, 1.807) is 0 Å². The molecule has 10 heavy (non-hydrogen) atoms. The molecule has 0 aliphatic carbocycles. The molecule has 0 rings (SSSR count). The summed E-state index contributed by atoms with van der Waals surface area (Å²) in [4.78, 5) is 20.5. The molecule has 58 valence electrons. The van der Waals surface area contributed by atoms with Crippen LogP contribution in [-0.2, 0) is 9.59 Å². The average molecular weight is 143 g/mol. The smallest absolute Gasteiger partial charge is 0.131 e. The molecule has 1 unspecified atom stereocenters. The van der Waals surface area contributed by atoms with Crippen LogP contribution in [0.15, 0.2) is 0 Å². The summed E-state index contributed by atoms with van der Waals surface area (Å²) >= 11 is 0. The van der Waals surface area contributed by atoms with E-state index < -0.39 is 11.4 Å². The minimum Gasteiger partial charge on any atom is -0.549 e. The van der Waals surface area contributed by atoms with Crippen molar-refractivity contribution < 1.29 is 14.7 Å². The number of carbonyl (C=O) groups excluding carboxylic acids is 2. The molecule has 0 spiro atoms. The van der Waals surface area contributed by atoms with Crippen LogP contribution in [0.25, 0.3) is 0 Å². The monoisotopic (exact) mass is 143 g/mol. The Morgan fingerprint density at radius 1 is 1.70 bits per heavy atom. The van der Waals surface area contributed by atoms with Gasteiger partial charge in [-0.05, 0) is 13.3 Å². The van der Waals surface area contributed by atoms with E-state index >= 15 is 0 Å². The normalized spacial score (nSPS) is 15.8. The van der Waals surface area contributed by atoms with Crippen molar-refractivity contribution in [3.8, 4) is 0 Å². The summed E-state index contributed by atoms with van der Waals surface area (Å²) in [6.45, 7) is 3.20. The molecule has 0 aromatic heterocycles. The number of aldehydes is 1. The number of carboxylic acid groups (broad SMARTS) is 1. The van der Waals surface area contributed by atoms with Crippen LogP contribution in [0.2, 0.25) is 0 Å². The van der Waals surface area contributed by atoms with Gasteiger partial charge in [0.25, 0.3) is 0 Å². The lowest BCUT2D eigenvalue weighted by Crippen LogP contribution is -2.41. The second-order valence-electron chi connectivity index (χ2n) is 2.57. The highest BCUT2D eigenvalue weighted by Crippen LogP contribution is 2.18. The first-order valence-electron chi connectivity index (χ1n) is 3.24. The Morgan fingerprint density at radius 3 is 2.30 bits per heavy atom. The average Bonchev–Trinajstić information content (AvgIpc) is 1.88. The van der Waals surface area contributed by atoms with Crippen molar-refractivity contribution in [3.05, 3.63) is 0 Å². The second-order valence-corrected chi connectivity index (χ2v) is 2.57. The maximum absolute atomic E-state index is 10.3. The maximum Gasteiger partial charge on any atom is 0.131 e. The molecule has 0 heterocycles. The number of hydrogen-bond donors (Lipinski definition) is 0. The van der Waals surface area contributed by atoms with Gasteiger partial charge in [-0.3, -0.25) is 0 Å². The molecule has 3 nitrogen and oxygen atoms in total. The standard InChI is InChI=1S/C7H12O3/c1-3-4-7(2,5-8)6(9)10/h5H,3-4H2,1-2H3,(H,9,10)/p-1. The number of hydrogen-bond acceptors (Lipinski definition) is 3. The van der Waals surface area contributed by atoms with Crippen LogP contribution in [0.1, 0.15) is 26.7 Å². The zero-order valence-electron chi connectivity index (χ0n) is 6.22. The number of rotatable bonds is 4. The van der Waals surface area contributed by atoms with Crippen molar-refractivity contribution in [3.63, 3.8) is 0 Å². The Morgan fingerprint density at radius 2 is 2.20 bits per heavy atom. The highest BCUT2D eigenvalue weighted by molar-refractivity contribution is 5.89. The van der Waals surface area contributed by atoms with Crippen LogP contribution in [0.4, 0.5) is 0 Å². The van der Waals surface area contributed by atoms with Gasteiger partial charge in [-0.2, -0.15) is 0 Å². The van der Waals surface area contributed by atoms with Gasteiger partial charge in [0.05, 0.1) is 11.4 Å². The molecule has 0 bridgehead atoms. The van der Waals surface area contributed by atoms with Crippen molar-refractivity contribution >= 4 is 12.3 Å². The van der Waals surface area contributed by atoms with Crippen molar-refractivity contribution in [2.24, 2.45) is 5.41 Å². The molecule has 0 aromatic rings. The summed E-state index contributed by atoms with van der Waals surface area (Å²) in [6, 6.07) is 0. The second kappa shape index (κ2) is 3.34. The summed E-state index contributed by atoms with van der Waals surface area (Å²) in [5, 5.41) is 10.3. The molecule has 3 heteroatoms. The van der Waals surface area contributed by atoms with E-state index in [2.05, 4.69) is 0 Å². The Kier molecular flexibility index (Phi) is 3.06. The minimum absolute atomic E-state index is 0.346. The molecule has 0 aromatic carbocycles. The zero-order valence-corrected chi connectivity index (χ0v) is 6.22. The van der Waals surface area contributed by atoms with Crippen LogP contribution in [0.5, 0.6) is 0 Å². The summed E-state index contributed by atoms with van der Waals surface area (Å²) in [5.41, 5.74) is -1.28. The SMILES string of the molecule is CCCC(C)(C=O)C(=O)[O-]. The molecule has 0 saturated heterocycles. The third kappa shape index (κ3) is 1.83. The first-order chi connectivity index (χ1) is 4.56. The maximum atomic E-state index is 10.3. The van der Waals surface area contributed by atoms with Gasteiger partial charge in [0.15, 0.2) is 0 Å². The van der Waals surface area contributed by atoms with Crippen molar-refractivity contribution in [2.45, 2.75) is 26.7 Å². The quantitative estimate of drug-likeness (QED) is 0.402. The molecule has 0 radical (unpaired) electrons. The molecular formula is C7H11O3-. The number of aliphatic carboxylic acids is 1. The Hall–Kier alpha value is -0.860. The van der Waals surface area contributed by atoms with Crippen LogP contribution >= 0.6 is 0 Å². The highest BCUT2D eigenvalue weighted by atomic mass is 16.4. The zero-order chi connectivity index (χ0) is 8.20. The van der Waals surface area contributed by atoms with Crippen molar-refractivity contribution in [1.82, 2.24) is 0 Å². The van der Waals surface area contributed by atoms with Gasteiger partial charge in [-0.15, -0.1) is 0 Å². The highest BCUT2D eigenvalue weighted by Gasteiger charge is 2.23. The topological polar surface area (TPSA) is 57.2 Å². The summed E-state index contributed by atoms with van der Waals surface area (Å²) in [5.74, 6) is -1.29. The molecule has 1 atom stereocenters. The molecule has 0 amide bonds. The van der Waals surface area contributed by atoms with Crippen LogP contribution in [-0.4, -0.2) is 12.3 Å². The van der Waals surface area contributed by atoms with Crippen molar-refractivity contribution in [2.75, 3.05) is 0 Å². The molecular weight excluding hydrogens is 132 g/mol. The van der Waals surface area contributed by atoms with Crippen LogP contribution in [0, 0.1) is 5.41 Å². The van der Waals surface area contributed by atoms with E-state index in [0.717, 1.165) is 0 Å². The van der Waals surface area contributed by atoms with E-state index in [9.17, 15) is 14.7 Å². The van der Waals surface area contributed by atoms with Gasteiger partial charge >= 0.3 is 0 Å². The van der Waals surface area contributed by atoms with Gasteiger partial charge in [0.1, 0.15) is 6.29 Å². The lowest BCUT2D eigenvalue weighted by molar-refractivity contribution is -0.315. The molecule has 0 aliphatic heterocycles. The Balaban J connectivity index is 4.22. The third-order valence-electron chi connectivity index (χ3n) is 1.50. The van der Waals surface area contributed by atoms with Gasteiger partial charge in [-0.25, -0.2) is 0 Å². The van der Waals surface area contributed by atoms with Gasteiger partial charge < -0.3 is 14.7 Å². The third-order valence-corrected chi connectivity index (χ3v) is 1.50. The van der Waals surface area contributed by atoms with E-state index in [1.807, 2.05) is 6.92 Å². The van der Waals surface area contributed by atoms with Gasteiger partial charge in [-0.1, -0.05) is 13.3 Å². The fourth-order valence-corrected chi connectivity index (χ4v) is 0.728. The largest absolute Gasteiger partial charge is 0.549 e. The summed E-state index contributed by atoms with van der Waals surface area (Å²) in [7, 11) is 0. The van der Waals surface area contributed by atoms with E-state index in [4.69, 9.17) is 0 Å². The van der Waals surface area contributed by atoms with Gasteiger partial charge in [0.2, 0.25) is 0 Å².